The molecule has 0 bridgehead atoms. The molecule has 0 aliphatic heterocycles. The summed E-state index contributed by atoms with van der Waals surface area (Å²) in [6.07, 6.45) is 0. The quantitative estimate of drug-likeness (QED) is 0.757. The van der Waals surface area contributed by atoms with Crippen molar-refractivity contribution in [3.05, 3.63) is 23.8 Å². The maximum Gasteiger partial charge on any atom is 0.246 e. The Morgan fingerprint density at radius 1 is 1.30 bits per heavy atom. The predicted molar refractivity (Wildman–Crippen MR) is 81.8 cm³/mol. The van der Waals surface area contributed by atoms with E-state index in [1.54, 1.807) is 25.2 Å². The molecule has 0 aliphatic rings. The van der Waals surface area contributed by atoms with Crippen molar-refractivity contribution in [1.82, 2.24) is 4.31 Å². The van der Waals surface area contributed by atoms with E-state index in [0.717, 1.165) is 5.56 Å². The number of benzene rings is 1. The highest BCUT2D eigenvalue weighted by Gasteiger charge is 2.29. The van der Waals surface area contributed by atoms with Crippen molar-refractivity contribution < 1.29 is 13.2 Å². The minimum atomic E-state index is -3.59. The molecule has 4 nitrogen and oxygen atoms in total. The summed E-state index contributed by atoms with van der Waals surface area (Å²) in [5.41, 5.74) is 0.821. The van der Waals surface area contributed by atoms with Gasteiger partial charge < -0.3 is 4.74 Å². The van der Waals surface area contributed by atoms with Crippen molar-refractivity contribution in [3.8, 4) is 5.75 Å². The van der Waals surface area contributed by atoms with E-state index >= 15 is 0 Å². The Balaban J connectivity index is 3.28. The second-order valence-corrected chi connectivity index (χ2v) is 7.36. The number of methoxy groups -OCH3 is 1. The summed E-state index contributed by atoms with van der Waals surface area (Å²) >= 11 is 5.76. The van der Waals surface area contributed by atoms with Gasteiger partial charge in [0.05, 0.1) is 7.11 Å². The van der Waals surface area contributed by atoms with Crippen LogP contribution in [0, 0.1) is 5.92 Å². The van der Waals surface area contributed by atoms with E-state index in [9.17, 15) is 8.42 Å². The number of sulfonamides is 1. The predicted octanol–water partition coefficient (Wildman–Crippen LogP) is 3.10. The molecule has 0 amide bonds. The van der Waals surface area contributed by atoms with Crippen molar-refractivity contribution in [1.29, 1.82) is 0 Å². The van der Waals surface area contributed by atoms with Crippen LogP contribution in [0.5, 0.6) is 5.75 Å². The summed E-state index contributed by atoms with van der Waals surface area (Å²) in [6, 6.07) is 4.82. The molecule has 0 aliphatic carbocycles. The van der Waals surface area contributed by atoms with Crippen molar-refractivity contribution in [3.63, 3.8) is 0 Å². The molecule has 0 saturated heterocycles. The maximum atomic E-state index is 12.7. The van der Waals surface area contributed by atoms with E-state index in [-0.39, 0.29) is 16.9 Å². The van der Waals surface area contributed by atoms with E-state index in [1.807, 2.05) is 20.8 Å². The third-order valence-corrected chi connectivity index (χ3v) is 5.87. The SMILES string of the molecule is COc1cc(CCl)ccc1S(=O)(=O)N(C)C(C)C(C)C. The number of hydrogen-bond acceptors (Lipinski definition) is 3. The van der Waals surface area contributed by atoms with Gasteiger partial charge in [-0.05, 0) is 30.5 Å². The third kappa shape index (κ3) is 3.45. The van der Waals surface area contributed by atoms with Gasteiger partial charge in [0.1, 0.15) is 10.6 Å². The Labute approximate surface area is 126 Å². The molecule has 0 spiro atoms. The van der Waals surface area contributed by atoms with Gasteiger partial charge in [-0.1, -0.05) is 19.9 Å². The summed E-state index contributed by atoms with van der Waals surface area (Å²) in [7, 11) is -0.537. The van der Waals surface area contributed by atoms with Crippen LogP contribution in [0.25, 0.3) is 0 Å². The Morgan fingerprint density at radius 2 is 1.90 bits per heavy atom. The monoisotopic (exact) mass is 319 g/mol. The fourth-order valence-electron chi connectivity index (χ4n) is 1.80. The van der Waals surface area contributed by atoms with Crippen LogP contribution >= 0.6 is 11.6 Å². The second kappa shape index (κ2) is 6.78. The molecular formula is C14H22ClNO3S. The number of alkyl halides is 1. The first kappa shape index (κ1) is 17.3. The van der Waals surface area contributed by atoms with E-state index in [2.05, 4.69) is 0 Å². The van der Waals surface area contributed by atoms with Crippen LogP contribution in [0.4, 0.5) is 0 Å². The minimum absolute atomic E-state index is 0.0996. The summed E-state index contributed by atoms with van der Waals surface area (Å²) in [5.74, 6) is 0.864. The van der Waals surface area contributed by atoms with Gasteiger partial charge in [0.2, 0.25) is 10.0 Å². The fourth-order valence-corrected chi connectivity index (χ4v) is 3.60. The smallest absolute Gasteiger partial charge is 0.246 e. The van der Waals surface area contributed by atoms with Crippen LogP contribution in [-0.4, -0.2) is 32.9 Å². The zero-order chi connectivity index (χ0) is 15.5. The highest BCUT2D eigenvalue weighted by atomic mass is 35.5. The van der Waals surface area contributed by atoms with Crippen LogP contribution in [0.15, 0.2) is 23.1 Å². The van der Waals surface area contributed by atoms with E-state index in [1.165, 1.54) is 11.4 Å². The third-order valence-electron chi connectivity index (χ3n) is 3.58. The Bertz CT molecular complexity index is 558. The average Bonchev–Trinajstić information content (AvgIpc) is 2.44. The molecule has 114 valence electrons. The summed E-state index contributed by atoms with van der Waals surface area (Å²) in [5, 5.41) is 0. The zero-order valence-corrected chi connectivity index (χ0v) is 14.1. The molecule has 0 radical (unpaired) electrons. The van der Waals surface area contributed by atoms with E-state index < -0.39 is 10.0 Å². The van der Waals surface area contributed by atoms with Crippen LogP contribution in [0.2, 0.25) is 0 Å². The molecule has 20 heavy (non-hydrogen) atoms. The summed E-state index contributed by atoms with van der Waals surface area (Å²) in [4.78, 5) is 0.170. The van der Waals surface area contributed by atoms with E-state index in [0.29, 0.717) is 11.6 Å². The van der Waals surface area contributed by atoms with Gasteiger partial charge in [-0.25, -0.2) is 8.42 Å². The van der Waals surface area contributed by atoms with Gasteiger partial charge in [0.25, 0.3) is 0 Å². The highest BCUT2D eigenvalue weighted by Crippen LogP contribution is 2.29. The molecular weight excluding hydrogens is 298 g/mol. The maximum absolute atomic E-state index is 12.7. The summed E-state index contributed by atoms with van der Waals surface area (Å²) in [6.45, 7) is 5.87. The lowest BCUT2D eigenvalue weighted by Crippen LogP contribution is -2.38. The lowest BCUT2D eigenvalue weighted by molar-refractivity contribution is 0.313. The molecule has 1 atom stereocenters. The van der Waals surface area contributed by atoms with Crippen molar-refractivity contribution in [2.24, 2.45) is 5.92 Å². The largest absolute Gasteiger partial charge is 0.495 e. The minimum Gasteiger partial charge on any atom is -0.495 e. The summed E-state index contributed by atoms with van der Waals surface area (Å²) < 4.78 is 31.9. The normalized spacial score (nSPS) is 13.8. The molecule has 0 saturated carbocycles. The molecule has 1 aromatic carbocycles. The molecule has 1 unspecified atom stereocenters. The van der Waals surface area contributed by atoms with Crippen molar-refractivity contribution in [2.75, 3.05) is 14.2 Å². The fraction of sp³-hybridized carbons (Fsp3) is 0.571. The van der Waals surface area contributed by atoms with Gasteiger partial charge in [0, 0.05) is 19.0 Å². The van der Waals surface area contributed by atoms with Crippen LogP contribution in [-0.2, 0) is 15.9 Å². The lowest BCUT2D eigenvalue weighted by atomic mass is 10.1. The molecule has 1 rings (SSSR count). The standard InChI is InChI=1S/C14H22ClNO3S/c1-10(2)11(3)16(4)20(17,18)14-7-6-12(9-15)8-13(14)19-5/h6-8,10-11H,9H2,1-5H3. The number of hydrogen-bond donors (Lipinski definition) is 0. The first-order valence-electron chi connectivity index (χ1n) is 6.46. The van der Waals surface area contributed by atoms with Crippen molar-refractivity contribution >= 4 is 21.6 Å². The number of rotatable bonds is 6. The van der Waals surface area contributed by atoms with E-state index in [4.69, 9.17) is 16.3 Å². The first-order valence-corrected chi connectivity index (χ1v) is 8.44. The Kier molecular flexibility index (Phi) is 5.86. The van der Waals surface area contributed by atoms with Gasteiger partial charge in [-0.2, -0.15) is 4.31 Å². The van der Waals surface area contributed by atoms with Crippen LogP contribution in [0.1, 0.15) is 26.3 Å². The van der Waals surface area contributed by atoms with Crippen molar-refractivity contribution in [2.45, 2.75) is 37.6 Å². The number of halogens is 1. The highest BCUT2D eigenvalue weighted by molar-refractivity contribution is 7.89. The topological polar surface area (TPSA) is 46.6 Å². The Morgan fingerprint density at radius 3 is 2.35 bits per heavy atom. The van der Waals surface area contributed by atoms with Gasteiger partial charge in [0.15, 0.2) is 0 Å². The molecule has 0 heterocycles. The Hall–Kier alpha value is -0.780. The number of ether oxygens (including phenoxy) is 1. The molecule has 1 aromatic rings. The molecule has 0 N–H and O–H groups in total. The van der Waals surface area contributed by atoms with Crippen LogP contribution < -0.4 is 4.74 Å². The van der Waals surface area contributed by atoms with Gasteiger partial charge >= 0.3 is 0 Å². The molecule has 6 heteroatoms. The lowest BCUT2D eigenvalue weighted by Gasteiger charge is -2.27. The molecule has 0 fully saturated rings. The van der Waals surface area contributed by atoms with Gasteiger partial charge in [-0.15, -0.1) is 11.6 Å². The van der Waals surface area contributed by atoms with Gasteiger partial charge in [-0.3, -0.25) is 0 Å². The zero-order valence-electron chi connectivity index (χ0n) is 12.6. The second-order valence-electron chi connectivity index (χ2n) is 5.12. The number of nitrogens with zero attached hydrogens (tertiary/aromatic N) is 1. The molecule has 0 aromatic heterocycles. The first-order chi connectivity index (χ1) is 9.25. The average molecular weight is 320 g/mol. The van der Waals surface area contributed by atoms with Crippen LogP contribution in [0.3, 0.4) is 0 Å².